The zero-order valence-electron chi connectivity index (χ0n) is 16.2. The third-order valence-electron chi connectivity index (χ3n) is 5.07. The third-order valence-corrected chi connectivity index (χ3v) is 6.55. The fourth-order valence-corrected chi connectivity index (χ4v) is 4.67. The zero-order chi connectivity index (χ0) is 21.1. The van der Waals surface area contributed by atoms with Crippen molar-refractivity contribution in [1.29, 1.82) is 0 Å². The van der Waals surface area contributed by atoms with E-state index in [4.69, 9.17) is 0 Å². The summed E-state index contributed by atoms with van der Waals surface area (Å²) in [4.78, 5) is 12.2. The van der Waals surface area contributed by atoms with Gasteiger partial charge in [-0.15, -0.1) is 0 Å². The first-order valence-electron chi connectivity index (χ1n) is 9.69. The molecule has 1 aliphatic carbocycles. The van der Waals surface area contributed by atoms with E-state index in [1.807, 2.05) is 30.3 Å². The first-order chi connectivity index (χ1) is 14.4. The molecule has 0 saturated carbocycles. The van der Waals surface area contributed by atoms with Crippen LogP contribution in [0.4, 0.5) is 10.1 Å². The van der Waals surface area contributed by atoms with Crippen LogP contribution in [0.1, 0.15) is 24.0 Å². The van der Waals surface area contributed by atoms with E-state index in [0.717, 1.165) is 24.2 Å². The van der Waals surface area contributed by atoms with E-state index in [0.29, 0.717) is 6.42 Å². The van der Waals surface area contributed by atoms with E-state index in [1.54, 1.807) is 0 Å². The largest absolute Gasteiger partial charge is 0.326 e. The molecule has 0 aromatic heterocycles. The van der Waals surface area contributed by atoms with Crippen LogP contribution in [-0.2, 0) is 21.2 Å². The highest BCUT2D eigenvalue weighted by Gasteiger charge is 2.18. The van der Waals surface area contributed by atoms with E-state index in [1.165, 1.54) is 34.4 Å². The van der Waals surface area contributed by atoms with E-state index in [2.05, 4.69) is 22.2 Å². The maximum absolute atomic E-state index is 12.9. The molecular weight excluding hydrogens is 403 g/mol. The number of anilines is 1. The molecule has 5 nitrogen and oxygen atoms in total. The van der Waals surface area contributed by atoms with Crippen LogP contribution in [0.2, 0.25) is 0 Å². The van der Waals surface area contributed by atoms with Crippen molar-refractivity contribution < 1.29 is 17.6 Å². The minimum absolute atomic E-state index is 0.00695. The molecule has 0 spiro atoms. The van der Waals surface area contributed by atoms with Gasteiger partial charge in [0.05, 0.1) is 4.90 Å². The lowest BCUT2D eigenvalue weighted by Gasteiger charge is -2.09. The maximum Gasteiger partial charge on any atom is 0.240 e. The molecule has 30 heavy (non-hydrogen) atoms. The van der Waals surface area contributed by atoms with Crippen LogP contribution in [0.15, 0.2) is 71.6 Å². The minimum atomic E-state index is -3.72. The molecule has 2 N–H and O–H groups in total. The van der Waals surface area contributed by atoms with Gasteiger partial charge >= 0.3 is 0 Å². The van der Waals surface area contributed by atoms with Crippen LogP contribution in [0.5, 0.6) is 0 Å². The summed E-state index contributed by atoms with van der Waals surface area (Å²) in [5.74, 6) is -0.674. The van der Waals surface area contributed by atoms with Crippen LogP contribution in [0.3, 0.4) is 0 Å². The summed E-state index contributed by atoms with van der Waals surface area (Å²) in [6, 6.07) is 18.8. The van der Waals surface area contributed by atoms with Gasteiger partial charge < -0.3 is 5.32 Å². The van der Waals surface area contributed by atoms with Gasteiger partial charge in [-0.05, 0) is 71.5 Å². The number of carbonyl (C=O) groups is 1. The van der Waals surface area contributed by atoms with Gasteiger partial charge in [0.15, 0.2) is 0 Å². The molecule has 0 unspecified atom stereocenters. The molecule has 3 aromatic rings. The van der Waals surface area contributed by atoms with Gasteiger partial charge in [0.25, 0.3) is 0 Å². The Morgan fingerprint density at radius 1 is 0.933 bits per heavy atom. The fourth-order valence-electron chi connectivity index (χ4n) is 3.60. The fraction of sp³-hybridized carbons (Fsp3) is 0.174. The second kappa shape index (κ2) is 8.38. The molecule has 1 aliphatic rings. The average Bonchev–Trinajstić information content (AvgIpc) is 3.09. The molecular formula is C23H21FN2O3S. The second-order valence-corrected chi connectivity index (χ2v) is 8.98. The maximum atomic E-state index is 12.9. The Morgan fingerprint density at radius 2 is 1.67 bits per heavy atom. The normalized spacial score (nSPS) is 12.3. The summed E-state index contributed by atoms with van der Waals surface area (Å²) in [6.07, 6.45) is 1.38. The van der Waals surface area contributed by atoms with Crippen LogP contribution in [-0.4, -0.2) is 20.9 Å². The zero-order valence-corrected chi connectivity index (χ0v) is 17.0. The molecule has 0 aliphatic heterocycles. The number of carbonyl (C=O) groups excluding carboxylic acids is 1. The number of sulfonamides is 1. The van der Waals surface area contributed by atoms with E-state index in [-0.39, 0.29) is 23.8 Å². The molecule has 3 aromatic carbocycles. The average molecular weight is 424 g/mol. The van der Waals surface area contributed by atoms with E-state index in [9.17, 15) is 17.6 Å². The molecule has 7 heteroatoms. The third kappa shape index (κ3) is 4.42. The smallest absolute Gasteiger partial charge is 0.240 e. The lowest BCUT2D eigenvalue weighted by molar-refractivity contribution is -0.116. The number of hydrogen-bond acceptors (Lipinski definition) is 3. The molecule has 0 radical (unpaired) electrons. The number of hydrogen-bond donors (Lipinski definition) is 2. The number of rotatable bonds is 7. The predicted octanol–water partition coefficient (Wildman–Crippen LogP) is 4.09. The van der Waals surface area contributed by atoms with Gasteiger partial charge in [0, 0.05) is 18.7 Å². The Hall–Kier alpha value is -3.03. The quantitative estimate of drug-likeness (QED) is 0.439. The van der Waals surface area contributed by atoms with E-state index >= 15 is 0 Å². The van der Waals surface area contributed by atoms with Gasteiger partial charge in [-0.2, -0.15) is 0 Å². The molecule has 0 atom stereocenters. The van der Waals surface area contributed by atoms with Crippen LogP contribution in [0, 0.1) is 5.82 Å². The standard InChI is InChI=1S/C23H21FN2O3S/c24-18-7-10-20(11-8-18)30(28,29)25-13-3-6-23(27)26-19-9-12-22-17(15-19)14-16-4-1-2-5-21(16)22/h1-2,4-5,7-12,15,25H,3,6,13-14H2,(H,26,27). The van der Waals surface area contributed by atoms with Gasteiger partial charge in [-0.1, -0.05) is 30.3 Å². The van der Waals surface area contributed by atoms with Crippen molar-refractivity contribution in [1.82, 2.24) is 4.72 Å². The SMILES string of the molecule is O=C(CCCNS(=O)(=O)c1ccc(F)cc1)Nc1ccc2c(c1)Cc1ccccc1-2. The van der Waals surface area contributed by atoms with Crippen molar-refractivity contribution in [2.75, 3.05) is 11.9 Å². The first-order valence-corrected chi connectivity index (χ1v) is 11.2. The summed E-state index contributed by atoms with van der Waals surface area (Å²) in [6.45, 7) is 0.118. The van der Waals surface area contributed by atoms with Crippen molar-refractivity contribution >= 4 is 21.6 Å². The number of benzene rings is 3. The summed E-state index contributed by atoms with van der Waals surface area (Å²) in [5, 5.41) is 2.88. The second-order valence-electron chi connectivity index (χ2n) is 7.21. The van der Waals surface area contributed by atoms with Gasteiger partial charge in [-0.3, -0.25) is 4.79 Å². The monoisotopic (exact) mass is 424 g/mol. The molecule has 1 amide bonds. The Balaban J connectivity index is 1.28. The highest BCUT2D eigenvalue weighted by Crippen LogP contribution is 2.37. The number of halogens is 1. The van der Waals surface area contributed by atoms with Crippen molar-refractivity contribution in [3.05, 3.63) is 83.7 Å². The van der Waals surface area contributed by atoms with Crippen molar-refractivity contribution in [2.24, 2.45) is 0 Å². The van der Waals surface area contributed by atoms with Gasteiger partial charge in [-0.25, -0.2) is 17.5 Å². The Labute approximate surface area is 175 Å². The van der Waals surface area contributed by atoms with Crippen molar-refractivity contribution in [3.8, 4) is 11.1 Å². The minimum Gasteiger partial charge on any atom is -0.326 e. The molecule has 0 fully saturated rings. The van der Waals surface area contributed by atoms with Crippen LogP contribution in [0.25, 0.3) is 11.1 Å². The molecule has 4 rings (SSSR count). The van der Waals surface area contributed by atoms with Crippen molar-refractivity contribution in [3.63, 3.8) is 0 Å². The molecule has 0 bridgehead atoms. The molecule has 0 saturated heterocycles. The Morgan fingerprint density at radius 3 is 2.47 bits per heavy atom. The lowest BCUT2D eigenvalue weighted by atomic mass is 10.1. The van der Waals surface area contributed by atoms with Gasteiger partial charge in [0.2, 0.25) is 15.9 Å². The summed E-state index contributed by atoms with van der Waals surface area (Å²) in [5.41, 5.74) is 5.63. The predicted molar refractivity (Wildman–Crippen MR) is 114 cm³/mol. The summed E-state index contributed by atoms with van der Waals surface area (Å²) < 4.78 is 39.7. The lowest BCUT2D eigenvalue weighted by Crippen LogP contribution is -2.25. The topological polar surface area (TPSA) is 75.3 Å². The van der Waals surface area contributed by atoms with Crippen LogP contribution >= 0.6 is 0 Å². The molecule has 0 heterocycles. The number of fused-ring (bicyclic) bond motifs is 3. The van der Waals surface area contributed by atoms with E-state index < -0.39 is 15.8 Å². The molecule has 154 valence electrons. The highest BCUT2D eigenvalue weighted by atomic mass is 32.2. The van der Waals surface area contributed by atoms with Crippen molar-refractivity contribution in [2.45, 2.75) is 24.2 Å². The first kappa shape index (κ1) is 20.3. The summed E-state index contributed by atoms with van der Waals surface area (Å²) >= 11 is 0. The summed E-state index contributed by atoms with van der Waals surface area (Å²) in [7, 11) is -3.72. The number of amides is 1. The van der Waals surface area contributed by atoms with Gasteiger partial charge in [0.1, 0.15) is 5.82 Å². The number of nitrogens with one attached hydrogen (secondary N) is 2. The highest BCUT2D eigenvalue weighted by molar-refractivity contribution is 7.89. The Kier molecular flexibility index (Phi) is 5.65. The Bertz CT molecular complexity index is 1190. The van der Waals surface area contributed by atoms with Crippen LogP contribution < -0.4 is 10.0 Å².